The maximum absolute atomic E-state index is 9.72. The third kappa shape index (κ3) is 1.57. The minimum atomic E-state index is -0.767. The fraction of sp³-hybridized carbons (Fsp3) is 0.111. The normalized spacial score (nSPS) is 12.7. The van der Waals surface area contributed by atoms with E-state index < -0.39 is 6.10 Å². The summed E-state index contributed by atoms with van der Waals surface area (Å²) in [6, 6.07) is 5.39. The molecule has 2 rings (SSSR count). The molecule has 2 heterocycles. The number of aliphatic hydroxyl groups is 1. The van der Waals surface area contributed by atoms with Gasteiger partial charge in [0, 0.05) is 18.6 Å². The molecule has 2 aromatic heterocycles. The molecule has 4 heteroatoms. The fourth-order valence-corrected chi connectivity index (χ4v) is 1.10. The molecule has 4 nitrogen and oxygen atoms in total. The molecular formula is C9H9N3O. The van der Waals surface area contributed by atoms with E-state index in [2.05, 4.69) is 15.0 Å². The number of pyridine rings is 1. The summed E-state index contributed by atoms with van der Waals surface area (Å²) < 4.78 is 0. The zero-order valence-electron chi connectivity index (χ0n) is 6.88. The van der Waals surface area contributed by atoms with Crippen molar-refractivity contribution in [3.8, 4) is 0 Å². The molecule has 2 N–H and O–H groups in total. The standard InChI is InChI=1S/C9H9N3O/c13-8(9-11-5-6-12-9)7-3-1-2-4-10-7/h1-6,8,13H,(H,11,12)/t8-/m0/s1. The molecule has 0 amide bonds. The van der Waals surface area contributed by atoms with Crippen LogP contribution in [0.15, 0.2) is 36.8 Å². The Balaban J connectivity index is 2.29. The first-order valence-electron chi connectivity index (χ1n) is 3.96. The van der Waals surface area contributed by atoms with Gasteiger partial charge in [0.05, 0.1) is 5.69 Å². The second kappa shape index (κ2) is 3.37. The smallest absolute Gasteiger partial charge is 0.153 e. The Labute approximate surface area is 75.3 Å². The van der Waals surface area contributed by atoms with E-state index in [1.54, 1.807) is 30.7 Å². The number of aromatic nitrogens is 3. The summed E-state index contributed by atoms with van der Waals surface area (Å²) in [5.74, 6) is 0.513. The van der Waals surface area contributed by atoms with Crippen LogP contribution in [0, 0.1) is 0 Å². The third-order valence-corrected chi connectivity index (χ3v) is 1.75. The highest BCUT2D eigenvalue weighted by Gasteiger charge is 2.12. The van der Waals surface area contributed by atoms with E-state index in [-0.39, 0.29) is 0 Å². The van der Waals surface area contributed by atoms with Crippen LogP contribution in [0.4, 0.5) is 0 Å². The van der Waals surface area contributed by atoms with Gasteiger partial charge in [-0.05, 0) is 12.1 Å². The van der Waals surface area contributed by atoms with Crippen LogP contribution in [-0.2, 0) is 0 Å². The summed E-state index contributed by atoms with van der Waals surface area (Å²) in [6.07, 6.45) is 4.14. The van der Waals surface area contributed by atoms with Crippen molar-refractivity contribution in [2.24, 2.45) is 0 Å². The lowest BCUT2D eigenvalue weighted by molar-refractivity contribution is 0.206. The second-order valence-electron chi connectivity index (χ2n) is 2.63. The molecule has 0 aliphatic carbocycles. The van der Waals surface area contributed by atoms with Crippen molar-refractivity contribution in [3.05, 3.63) is 48.3 Å². The fourth-order valence-electron chi connectivity index (χ4n) is 1.10. The van der Waals surface area contributed by atoms with E-state index in [0.717, 1.165) is 0 Å². The van der Waals surface area contributed by atoms with Crippen molar-refractivity contribution in [2.75, 3.05) is 0 Å². The Morgan fingerprint density at radius 3 is 2.77 bits per heavy atom. The molecule has 0 spiro atoms. The van der Waals surface area contributed by atoms with Gasteiger partial charge < -0.3 is 10.1 Å². The molecule has 2 aromatic rings. The molecular weight excluding hydrogens is 166 g/mol. The molecule has 0 radical (unpaired) electrons. The Hall–Kier alpha value is -1.68. The molecule has 0 unspecified atom stereocenters. The number of nitrogens with zero attached hydrogens (tertiary/aromatic N) is 2. The van der Waals surface area contributed by atoms with Gasteiger partial charge in [-0.2, -0.15) is 0 Å². The lowest BCUT2D eigenvalue weighted by Gasteiger charge is -2.05. The maximum atomic E-state index is 9.72. The summed E-state index contributed by atoms with van der Waals surface area (Å²) >= 11 is 0. The highest BCUT2D eigenvalue weighted by Crippen LogP contribution is 2.14. The highest BCUT2D eigenvalue weighted by atomic mass is 16.3. The van der Waals surface area contributed by atoms with Crippen LogP contribution in [0.3, 0.4) is 0 Å². The molecule has 0 aliphatic heterocycles. The Morgan fingerprint density at radius 2 is 2.15 bits per heavy atom. The maximum Gasteiger partial charge on any atom is 0.153 e. The predicted molar refractivity (Wildman–Crippen MR) is 46.9 cm³/mol. The average Bonchev–Trinajstić information content (AvgIpc) is 2.71. The third-order valence-electron chi connectivity index (χ3n) is 1.75. The molecule has 0 fully saturated rings. The average molecular weight is 175 g/mol. The van der Waals surface area contributed by atoms with Gasteiger partial charge in [0.2, 0.25) is 0 Å². The van der Waals surface area contributed by atoms with Crippen molar-refractivity contribution in [3.63, 3.8) is 0 Å². The summed E-state index contributed by atoms with van der Waals surface area (Å²) in [5.41, 5.74) is 0.595. The molecule has 0 saturated heterocycles. The number of rotatable bonds is 2. The van der Waals surface area contributed by atoms with Crippen LogP contribution in [0.25, 0.3) is 0 Å². The van der Waals surface area contributed by atoms with Crippen molar-refractivity contribution in [1.82, 2.24) is 15.0 Å². The molecule has 0 aromatic carbocycles. The van der Waals surface area contributed by atoms with E-state index in [4.69, 9.17) is 0 Å². The number of imidazole rings is 1. The second-order valence-corrected chi connectivity index (χ2v) is 2.63. The molecule has 13 heavy (non-hydrogen) atoms. The first-order chi connectivity index (χ1) is 6.38. The van der Waals surface area contributed by atoms with Gasteiger partial charge in [-0.1, -0.05) is 6.07 Å². The van der Waals surface area contributed by atoms with Gasteiger partial charge in [0.15, 0.2) is 6.10 Å². The minimum absolute atomic E-state index is 0.513. The highest BCUT2D eigenvalue weighted by molar-refractivity contribution is 5.13. The first kappa shape index (κ1) is 7.94. The summed E-state index contributed by atoms with van der Waals surface area (Å²) in [5, 5.41) is 9.72. The van der Waals surface area contributed by atoms with E-state index >= 15 is 0 Å². The number of aliphatic hydroxyl groups excluding tert-OH is 1. The van der Waals surface area contributed by atoms with Gasteiger partial charge in [-0.3, -0.25) is 4.98 Å². The number of hydrogen-bond donors (Lipinski definition) is 2. The van der Waals surface area contributed by atoms with Crippen LogP contribution < -0.4 is 0 Å². The van der Waals surface area contributed by atoms with Crippen LogP contribution in [0.2, 0.25) is 0 Å². The van der Waals surface area contributed by atoms with E-state index in [9.17, 15) is 5.11 Å². The zero-order chi connectivity index (χ0) is 9.10. The SMILES string of the molecule is O[C@@H](c1ccccn1)c1ncc[nH]1. The van der Waals surface area contributed by atoms with Crippen LogP contribution in [-0.4, -0.2) is 20.1 Å². The Bertz CT molecular complexity index is 358. The Morgan fingerprint density at radius 1 is 1.23 bits per heavy atom. The molecule has 0 bridgehead atoms. The minimum Gasteiger partial charge on any atom is -0.379 e. The van der Waals surface area contributed by atoms with Gasteiger partial charge >= 0.3 is 0 Å². The predicted octanol–water partition coefficient (Wildman–Crippen LogP) is 0.886. The number of aromatic amines is 1. The van der Waals surface area contributed by atoms with E-state index in [1.807, 2.05) is 6.07 Å². The first-order valence-corrected chi connectivity index (χ1v) is 3.96. The van der Waals surface area contributed by atoms with E-state index in [0.29, 0.717) is 11.5 Å². The zero-order valence-corrected chi connectivity index (χ0v) is 6.88. The molecule has 66 valence electrons. The molecule has 1 atom stereocenters. The van der Waals surface area contributed by atoms with Gasteiger partial charge in [0.25, 0.3) is 0 Å². The molecule has 0 aliphatic rings. The number of hydrogen-bond acceptors (Lipinski definition) is 3. The summed E-state index contributed by atoms with van der Waals surface area (Å²) in [6.45, 7) is 0. The Kier molecular flexibility index (Phi) is 2.06. The van der Waals surface area contributed by atoms with Gasteiger partial charge in [-0.25, -0.2) is 4.98 Å². The number of H-pyrrole nitrogens is 1. The van der Waals surface area contributed by atoms with Crippen molar-refractivity contribution in [2.45, 2.75) is 6.10 Å². The largest absolute Gasteiger partial charge is 0.379 e. The number of nitrogens with one attached hydrogen (secondary N) is 1. The lowest BCUT2D eigenvalue weighted by atomic mass is 10.2. The van der Waals surface area contributed by atoms with Gasteiger partial charge in [0.1, 0.15) is 5.82 Å². The van der Waals surface area contributed by atoms with Crippen molar-refractivity contribution >= 4 is 0 Å². The lowest BCUT2D eigenvalue weighted by Crippen LogP contribution is -2.03. The monoisotopic (exact) mass is 175 g/mol. The summed E-state index contributed by atoms with van der Waals surface area (Å²) in [7, 11) is 0. The van der Waals surface area contributed by atoms with Gasteiger partial charge in [-0.15, -0.1) is 0 Å². The van der Waals surface area contributed by atoms with E-state index in [1.165, 1.54) is 0 Å². The molecule has 0 saturated carbocycles. The van der Waals surface area contributed by atoms with Crippen molar-refractivity contribution < 1.29 is 5.11 Å². The topological polar surface area (TPSA) is 61.8 Å². The summed E-state index contributed by atoms with van der Waals surface area (Å²) in [4.78, 5) is 10.8. The quantitative estimate of drug-likeness (QED) is 0.712. The van der Waals surface area contributed by atoms with Crippen LogP contribution >= 0.6 is 0 Å². The van der Waals surface area contributed by atoms with Crippen LogP contribution in [0.5, 0.6) is 0 Å². The van der Waals surface area contributed by atoms with Crippen LogP contribution in [0.1, 0.15) is 17.6 Å². The van der Waals surface area contributed by atoms with Crippen molar-refractivity contribution in [1.29, 1.82) is 0 Å².